The molecule has 2 aromatic carbocycles. The second-order valence-corrected chi connectivity index (χ2v) is 9.54. The summed E-state index contributed by atoms with van der Waals surface area (Å²) in [6.07, 6.45) is 2.12. The van der Waals surface area contributed by atoms with Crippen LogP contribution < -0.4 is 5.32 Å². The number of anilines is 1. The fraction of sp³-hybridized carbons (Fsp3) is 0.370. The molecule has 1 N–H and O–H groups in total. The maximum absolute atomic E-state index is 13.0. The first kappa shape index (κ1) is 25.0. The number of esters is 1. The molecule has 2 heterocycles. The molecule has 0 aromatic heterocycles. The van der Waals surface area contributed by atoms with Gasteiger partial charge in [-0.05, 0) is 43.0 Å². The van der Waals surface area contributed by atoms with Gasteiger partial charge in [0.15, 0.2) is 5.17 Å². The summed E-state index contributed by atoms with van der Waals surface area (Å²) in [7, 11) is 1.57. The highest BCUT2D eigenvalue weighted by Gasteiger charge is 2.37. The lowest BCUT2D eigenvalue weighted by Gasteiger charge is -2.40. The van der Waals surface area contributed by atoms with E-state index in [1.54, 1.807) is 18.9 Å². The predicted octanol–water partition coefficient (Wildman–Crippen LogP) is 4.57. The van der Waals surface area contributed by atoms with Crippen LogP contribution in [0.4, 0.5) is 5.69 Å². The van der Waals surface area contributed by atoms with E-state index in [1.807, 2.05) is 61.5 Å². The molecule has 35 heavy (non-hydrogen) atoms. The zero-order chi connectivity index (χ0) is 24.6. The number of rotatable bonds is 9. The zero-order valence-corrected chi connectivity index (χ0v) is 21.0. The quantitative estimate of drug-likeness (QED) is 0.407. The van der Waals surface area contributed by atoms with Gasteiger partial charge >= 0.3 is 5.97 Å². The molecule has 0 bridgehead atoms. The first-order chi connectivity index (χ1) is 17.1. The number of hydrogen-bond acceptors (Lipinski definition) is 7. The van der Waals surface area contributed by atoms with E-state index in [1.165, 1.54) is 0 Å². The predicted molar refractivity (Wildman–Crippen MR) is 139 cm³/mol. The maximum atomic E-state index is 13.0. The number of carbonyl (C=O) groups excluding carboxylic acids is 2. The van der Waals surface area contributed by atoms with Crippen LogP contribution in [0.5, 0.6) is 0 Å². The van der Waals surface area contributed by atoms with Crippen LogP contribution in [-0.4, -0.2) is 54.6 Å². The molecular formula is C27H31N3O4S. The number of amides is 1. The van der Waals surface area contributed by atoms with Crippen molar-refractivity contribution in [2.45, 2.75) is 32.2 Å². The molecule has 2 aliphatic heterocycles. The fourth-order valence-electron chi connectivity index (χ4n) is 4.25. The van der Waals surface area contributed by atoms with E-state index in [0.29, 0.717) is 30.7 Å². The third-order valence-electron chi connectivity index (χ3n) is 5.99. The molecular weight excluding hydrogens is 462 g/mol. The highest BCUT2D eigenvalue weighted by Crippen LogP contribution is 2.40. The topological polar surface area (TPSA) is 80.2 Å². The van der Waals surface area contributed by atoms with Crippen molar-refractivity contribution in [1.82, 2.24) is 4.90 Å². The number of aryl methyl sites for hydroxylation is 1. The Balaban J connectivity index is 1.49. The number of hydrogen-bond donors (Lipinski definition) is 1. The van der Waals surface area contributed by atoms with E-state index >= 15 is 0 Å². The fourth-order valence-corrected chi connectivity index (χ4v) is 5.27. The van der Waals surface area contributed by atoms with Gasteiger partial charge in [0.25, 0.3) is 0 Å². The van der Waals surface area contributed by atoms with Crippen molar-refractivity contribution in [2.75, 3.05) is 37.9 Å². The average molecular weight is 494 g/mol. The molecule has 4 rings (SSSR count). The molecule has 0 radical (unpaired) electrons. The Morgan fingerprint density at radius 1 is 1.11 bits per heavy atom. The van der Waals surface area contributed by atoms with E-state index in [9.17, 15) is 9.59 Å². The van der Waals surface area contributed by atoms with Crippen molar-refractivity contribution in [3.63, 3.8) is 0 Å². The summed E-state index contributed by atoms with van der Waals surface area (Å²) >= 11 is 1.71. The van der Waals surface area contributed by atoms with Gasteiger partial charge in [0.2, 0.25) is 5.91 Å². The van der Waals surface area contributed by atoms with E-state index in [2.05, 4.69) is 10.2 Å². The van der Waals surface area contributed by atoms with Crippen LogP contribution in [0.25, 0.3) is 0 Å². The molecule has 0 saturated carbocycles. The number of nitrogens with zero attached hydrogens (tertiary/aromatic N) is 2. The molecule has 1 unspecified atom stereocenters. The largest absolute Gasteiger partial charge is 0.460 e. The van der Waals surface area contributed by atoms with Crippen molar-refractivity contribution in [1.29, 1.82) is 0 Å². The summed E-state index contributed by atoms with van der Waals surface area (Å²) in [5.74, 6) is 0.608. The number of amidine groups is 1. The Morgan fingerprint density at radius 3 is 2.63 bits per heavy atom. The number of aliphatic imine (C=N–C) groups is 1. The zero-order valence-electron chi connectivity index (χ0n) is 20.2. The summed E-state index contributed by atoms with van der Waals surface area (Å²) in [4.78, 5) is 32.4. The average Bonchev–Trinajstić information content (AvgIpc) is 2.88. The molecule has 8 heteroatoms. The van der Waals surface area contributed by atoms with Gasteiger partial charge in [-0.15, -0.1) is 0 Å². The lowest BCUT2D eigenvalue weighted by molar-refractivity contribution is -0.141. The number of thioether (sulfide) groups is 1. The van der Waals surface area contributed by atoms with Crippen LogP contribution in [0.2, 0.25) is 0 Å². The Morgan fingerprint density at radius 2 is 1.89 bits per heavy atom. The first-order valence-electron chi connectivity index (χ1n) is 11.9. The Hall–Kier alpha value is -3.10. The number of methoxy groups -OCH3 is 1. The third-order valence-corrected chi connectivity index (χ3v) is 7.07. The molecule has 184 valence electrons. The minimum Gasteiger partial charge on any atom is -0.460 e. The Labute approximate surface area is 210 Å². The van der Waals surface area contributed by atoms with Crippen molar-refractivity contribution in [2.24, 2.45) is 4.99 Å². The van der Waals surface area contributed by atoms with Crippen LogP contribution in [0.15, 0.2) is 70.9 Å². The normalized spacial score (nSPS) is 17.5. The van der Waals surface area contributed by atoms with Crippen LogP contribution in [-0.2, 0) is 25.5 Å². The summed E-state index contributed by atoms with van der Waals surface area (Å²) in [5.41, 5.74) is 4.05. The van der Waals surface area contributed by atoms with E-state index in [-0.39, 0.29) is 24.5 Å². The molecule has 7 nitrogen and oxygen atoms in total. The maximum Gasteiger partial charge on any atom is 0.338 e. The molecule has 1 amide bonds. The molecule has 0 spiro atoms. The number of carbonyl (C=O) groups is 2. The van der Waals surface area contributed by atoms with E-state index < -0.39 is 0 Å². The lowest BCUT2D eigenvalue weighted by atomic mass is 9.94. The number of fused-ring (bicyclic) bond motifs is 1. The van der Waals surface area contributed by atoms with Gasteiger partial charge < -0.3 is 19.7 Å². The van der Waals surface area contributed by atoms with Crippen LogP contribution >= 0.6 is 11.8 Å². The van der Waals surface area contributed by atoms with Gasteiger partial charge in [-0.2, -0.15) is 0 Å². The molecule has 2 aliphatic rings. The highest BCUT2D eigenvalue weighted by molar-refractivity contribution is 8.13. The van der Waals surface area contributed by atoms with E-state index in [4.69, 9.17) is 14.5 Å². The van der Waals surface area contributed by atoms with Crippen molar-refractivity contribution >= 4 is 34.5 Å². The van der Waals surface area contributed by atoms with Crippen molar-refractivity contribution in [3.8, 4) is 0 Å². The van der Waals surface area contributed by atoms with Gasteiger partial charge in [-0.1, -0.05) is 54.2 Å². The summed E-state index contributed by atoms with van der Waals surface area (Å²) < 4.78 is 10.5. The standard InChI is InChI=1S/C27H31N3O4S/c1-19-24(26(32)34-17-16-33-2)25(30-15-6-18-35-27(30)28-19)21-10-12-22(13-11-21)29-23(31)14-9-20-7-4-3-5-8-20/h3-5,7-8,10-13,25H,6,9,14-18H2,1-2H3,(H,29,31). The van der Waals surface area contributed by atoms with Crippen LogP contribution in [0.1, 0.15) is 36.9 Å². The lowest BCUT2D eigenvalue weighted by Crippen LogP contribution is -2.42. The van der Waals surface area contributed by atoms with Gasteiger partial charge in [0.1, 0.15) is 6.61 Å². The Kier molecular flexibility index (Phi) is 8.60. The first-order valence-corrected chi connectivity index (χ1v) is 12.8. The molecule has 1 fully saturated rings. The SMILES string of the molecule is COCCOC(=O)C1=C(C)N=C2SCCCN2C1c1ccc(NC(=O)CCc2ccccc2)cc1. The van der Waals surface area contributed by atoms with Crippen molar-refractivity contribution in [3.05, 3.63) is 77.0 Å². The Bertz CT molecular complexity index is 1100. The summed E-state index contributed by atoms with van der Waals surface area (Å²) in [6.45, 7) is 3.21. The smallest absolute Gasteiger partial charge is 0.338 e. The number of allylic oxidation sites excluding steroid dienone is 1. The van der Waals surface area contributed by atoms with Crippen LogP contribution in [0.3, 0.4) is 0 Å². The highest BCUT2D eigenvalue weighted by atomic mass is 32.2. The minimum atomic E-state index is -0.374. The molecule has 1 saturated heterocycles. The second kappa shape index (κ2) is 12.0. The van der Waals surface area contributed by atoms with Gasteiger partial charge in [-0.3, -0.25) is 4.79 Å². The molecule has 2 aromatic rings. The third kappa shape index (κ3) is 6.32. The van der Waals surface area contributed by atoms with Gasteiger partial charge in [0, 0.05) is 31.5 Å². The summed E-state index contributed by atoms with van der Waals surface area (Å²) in [5, 5.41) is 3.91. The summed E-state index contributed by atoms with van der Waals surface area (Å²) in [6, 6.07) is 17.4. The second-order valence-electron chi connectivity index (χ2n) is 8.48. The minimum absolute atomic E-state index is 0.0285. The van der Waals surface area contributed by atoms with Gasteiger partial charge in [-0.25, -0.2) is 9.79 Å². The van der Waals surface area contributed by atoms with Crippen LogP contribution in [0, 0.1) is 0 Å². The number of nitrogens with one attached hydrogen (secondary N) is 1. The van der Waals surface area contributed by atoms with Crippen molar-refractivity contribution < 1.29 is 19.1 Å². The molecule has 0 aliphatic carbocycles. The number of benzene rings is 2. The monoisotopic (exact) mass is 493 g/mol. The molecule has 1 atom stereocenters. The number of ether oxygens (including phenoxy) is 2. The van der Waals surface area contributed by atoms with E-state index in [0.717, 1.165) is 40.7 Å². The van der Waals surface area contributed by atoms with Gasteiger partial charge in [0.05, 0.1) is 23.9 Å².